The highest BCUT2D eigenvalue weighted by molar-refractivity contribution is 5.34. The van der Waals surface area contributed by atoms with Gasteiger partial charge in [0, 0.05) is 5.41 Å². The van der Waals surface area contributed by atoms with Crippen LogP contribution in [-0.2, 0) is 18.3 Å². The van der Waals surface area contributed by atoms with Crippen LogP contribution in [0.2, 0.25) is 0 Å². The Labute approximate surface area is 121 Å². The highest BCUT2D eigenvalue weighted by Gasteiger charge is 2.49. The first kappa shape index (κ1) is 13.4. The maximum absolute atomic E-state index is 10.7. The van der Waals surface area contributed by atoms with Crippen LogP contribution in [0, 0.1) is 0 Å². The highest BCUT2D eigenvalue weighted by atomic mass is 16.3. The number of rotatable bonds is 5. The normalized spacial score (nSPS) is 17.7. The molecule has 0 spiro atoms. The van der Waals surface area contributed by atoms with Crippen molar-refractivity contribution in [3.05, 3.63) is 71.3 Å². The first-order valence-electron chi connectivity index (χ1n) is 7.56. The molecule has 1 N–H and O–H groups in total. The van der Waals surface area contributed by atoms with Gasteiger partial charge in [0.25, 0.3) is 0 Å². The van der Waals surface area contributed by atoms with Crippen LogP contribution in [0.1, 0.15) is 36.5 Å². The van der Waals surface area contributed by atoms with Crippen molar-refractivity contribution < 1.29 is 5.11 Å². The summed E-state index contributed by atoms with van der Waals surface area (Å²) >= 11 is 0. The Morgan fingerprint density at radius 1 is 0.950 bits per heavy atom. The van der Waals surface area contributed by atoms with Gasteiger partial charge in [0.15, 0.2) is 0 Å². The molecule has 104 valence electrons. The zero-order valence-corrected chi connectivity index (χ0v) is 12.0. The summed E-state index contributed by atoms with van der Waals surface area (Å²) < 4.78 is 0. The molecule has 1 unspecified atom stereocenters. The van der Waals surface area contributed by atoms with Crippen LogP contribution < -0.4 is 0 Å². The fourth-order valence-electron chi connectivity index (χ4n) is 3.05. The van der Waals surface area contributed by atoms with Gasteiger partial charge < -0.3 is 5.11 Å². The summed E-state index contributed by atoms with van der Waals surface area (Å²) in [4.78, 5) is 0. The molecule has 0 heterocycles. The van der Waals surface area contributed by atoms with E-state index in [0.717, 1.165) is 25.7 Å². The highest BCUT2D eigenvalue weighted by Crippen LogP contribution is 2.51. The third kappa shape index (κ3) is 2.51. The predicted molar refractivity (Wildman–Crippen MR) is 82.9 cm³/mol. The lowest BCUT2D eigenvalue weighted by Crippen LogP contribution is -2.28. The number of benzene rings is 2. The molecule has 0 amide bonds. The molecule has 1 aliphatic carbocycles. The van der Waals surface area contributed by atoms with Gasteiger partial charge in [-0.2, -0.15) is 0 Å². The molecular formula is C19H22O. The van der Waals surface area contributed by atoms with E-state index in [1.807, 2.05) is 6.07 Å². The number of aliphatic hydroxyl groups excluding tert-OH is 1. The molecule has 1 heteroatoms. The number of hydrogen-bond acceptors (Lipinski definition) is 1. The number of aryl methyl sites for hydroxylation is 1. The van der Waals surface area contributed by atoms with Crippen LogP contribution in [0.4, 0.5) is 0 Å². The SMILES string of the molecule is CCc1ccc(CC(O)C2(c3ccccc3)CC2)cc1. The average molecular weight is 266 g/mol. The summed E-state index contributed by atoms with van der Waals surface area (Å²) in [5, 5.41) is 10.7. The molecule has 0 radical (unpaired) electrons. The van der Waals surface area contributed by atoms with Crippen LogP contribution in [0.3, 0.4) is 0 Å². The summed E-state index contributed by atoms with van der Waals surface area (Å²) in [5.41, 5.74) is 3.88. The number of hydrogen-bond donors (Lipinski definition) is 1. The lowest BCUT2D eigenvalue weighted by atomic mass is 9.86. The first-order chi connectivity index (χ1) is 9.74. The Hall–Kier alpha value is -1.60. The van der Waals surface area contributed by atoms with E-state index in [0.29, 0.717) is 0 Å². The van der Waals surface area contributed by atoms with Crippen LogP contribution in [0.15, 0.2) is 54.6 Å². The van der Waals surface area contributed by atoms with Crippen molar-refractivity contribution in [2.75, 3.05) is 0 Å². The van der Waals surface area contributed by atoms with Crippen LogP contribution in [0.5, 0.6) is 0 Å². The lowest BCUT2D eigenvalue weighted by Gasteiger charge is -2.23. The van der Waals surface area contributed by atoms with E-state index >= 15 is 0 Å². The second-order valence-corrected chi connectivity index (χ2v) is 5.91. The third-order valence-corrected chi connectivity index (χ3v) is 4.64. The van der Waals surface area contributed by atoms with Crippen molar-refractivity contribution >= 4 is 0 Å². The minimum atomic E-state index is -0.280. The second kappa shape index (κ2) is 5.41. The Kier molecular flexibility index (Phi) is 3.62. The zero-order valence-electron chi connectivity index (χ0n) is 12.0. The van der Waals surface area contributed by atoms with Gasteiger partial charge in [-0.25, -0.2) is 0 Å². The predicted octanol–water partition coefficient (Wildman–Crippen LogP) is 3.88. The molecule has 0 saturated heterocycles. The Bertz CT molecular complexity index is 552. The minimum absolute atomic E-state index is 0.00465. The largest absolute Gasteiger partial charge is 0.392 e. The van der Waals surface area contributed by atoms with Gasteiger partial charge in [0.2, 0.25) is 0 Å². The van der Waals surface area contributed by atoms with Gasteiger partial charge in [-0.05, 0) is 42.4 Å². The topological polar surface area (TPSA) is 20.2 Å². The van der Waals surface area contributed by atoms with E-state index in [9.17, 15) is 5.11 Å². The van der Waals surface area contributed by atoms with Crippen molar-refractivity contribution in [2.24, 2.45) is 0 Å². The van der Waals surface area contributed by atoms with Gasteiger partial charge in [-0.1, -0.05) is 61.5 Å². The van der Waals surface area contributed by atoms with E-state index in [1.165, 1.54) is 16.7 Å². The molecule has 0 bridgehead atoms. The molecule has 3 rings (SSSR count). The summed E-state index contributed by atoms with van der Waals surface area (Å²) in [6.07, 6.45) is 3.74. The van der Waals surface area contributed by atoms with Crippen molar-refractivity contribution in [2.45, 2.75) is 44.1 Å². The maximum Gasteiger partial charge on any atom is 0.0677 e. The van der Waals surface area contributed by atoms with Crippen molar-refractivity contribution in [1.29, 1.82) is 0 Å². The second-order valence-electron chi connectivity index (χ2n) is 5.91. The fraction of sp³-hybridized carbons (Fsp3) is 0.368. The molecule has 2 aromatic rings. The van der Waals surface area contributed by atoms with Crippen molar-refractivity contribution in [3.8, 4) is 0 Å². The average Bonchev–Trinajstić information content (AvgIpc) is 3.31. The molecule has 1 fully saturated rings. The summed E-state index contributed by atoms with van der Waals surface area (Å²) in [7, 11) is 0. The Morgan fingerprint density at radius 3 is 2.10 bits per heavy atom. The summed E-state index contributed by atoms with van der Waals surface area (Å²) in [6, 6.07) is 19.1. The van der Waals surface area contributed by atoms with E-state index in [-0.39, 0.29) is 11.5 Å². The molecule has 1 saturated carbocycles. The molecule has 0 aliphatic heterocycles. The summed E-state index contributed by atoms with van der Waals surface area (Å²) in [5.74, 6) is 0. The van der Waals surface area contributed by atoms with Crippen LogP contribution in [-0.4, -0.2) is 11.2 Å². The van der Waals surface area contributed by atoms with E-state index in [4.69, 9.17) is 0 Å². The lowest BCUT2D eigenvalue weighted by molar-refractivity contribution is 0.131. The Balaban J connectivity index is 1.74. The Morgan fingerprint density at radius 2 is 1.55 bits per heavy atom. The molecule has 1 nitrogen and oxygen atoms in total. The van der Waals surface area contributed by atoms with Gasteiger partial charge in [0.1, 0.15) is 0 Å². The maximum atomic E-state index is 10.7. The van der Waals surface area contributed by atoms with Gasteiger partial charge >= 0.3 is 0 Å². The molecule has 1 aliphatic rings. The van der Waals surface area contributed by atoms with E-state index in [2.05, 4.69) is 55.5 Å². The summed E-state index contributed by atoms with van der Waals surface area (Å²) in [6.45, 7) is 2.17. The van der Waals surface area contributed by atoms with Gasteiger partial charge in [0.05, 0.1) is 6.10 Å². The standard InChI is InChI=1S/C19H22O/c1-2-15-8-10-16(11-9-15)14-18(20)19(12-13-19)17-6-4-3-5-7-17/h3-11,18,20H,2,12-14H2,1H3. The number of aliphatic hydroxyl groups is 1. The third-order valence-electron chi connectivity index (χ3n) is 4.64. The quantitative estimate of drug-likeness (QED) is 0.870. The first-order valence-corrected chi connectivity index (χ1v) is 7.56. The van der Waals surface area contributed by atoms with E-state index in [1.54, 1.807) is 0 Å². The van der Waals surface area contributed by atoms with Crippen LogP contribution >= 0.6 is 0 Å². The molecular weight excluding hydrogens is 244 g/mol. The van der Waals surface area contributed by atoms with Crippen molar-refractivity contribution in [3.63, 3.8) is 0 Å². The zero-order chi connectivity index (χ0) is 14.0. The molecule has 1 atom stereocenters. The molecule has 0 aromatic heterocycles. The monoisotopic (exact) mass is 266 g/mol. The fourth-order valence-corrected chi connectivity index (χ4v) is 3.05. The van der Waals surface area contributed by atoms with Crippen LogP contribution in [0.25, 0.3) is 0 Å². The minimum Gasteiger partial charge on any atom is -0.392 e. The van der Waals surface area contributed by atoms with Crippen molar-refractivity contribution in [1.82, 2.24) is 0 Å². The molecule has 20 heavy (non-hydrogen) atoms. The van der Waals surface area contributed by atoms with E-state index < -0.39 is 0 Å². The van der Waals surface area contributed by atoms with Gasteiger partial charge in [-0.15, -0.1) is 0 Å². The smallest absolute Gasteiger partial charge is 0.0677 e. The van der Waals surface area contributed by atoms with Gasteiger partial charge in [-0.3, -0.25) is 0 Å². The molecule has 2 aromatic carbocycles.